The van der Waals surface area contributed by atoms with Crippen molar-refractivity contribution < 1.29 is 9.66 Å². The molecule has 34 heavy (non-hydrogen) atoms. The molecule has 1 aliphatic rings. The maximum Gasteiger partial charge on any atom is 0.269 e. The van der Waals surface area contributed by atoms with Crippen LogP contribution in [0.15, 0.2) is 60.7 Å². The highest BCUT2D eigenvalue weighted by atomic mass is 16.6. The van der Waals surface area contributed by atoms with Gasteiger partial charge in [0.2, 0.25) is 0 Å². The second-order valence-corrected chi connectivity index (χ2v) is 8.11. The molecule has 1 heterocycles. The third kappa shape index (κ3) is 4.51. The molecule has 0 saturated heterocycles. The SMILES string of the molecule is CCN(CC)c1ccc2c(c1)Oc1cc(N(CC)CC)ccc1[C]2Nc1ccc([N+](=O)[O-])cc1. The van der Waals surface area contributed by atoms with Crippen molar-refractivity contribution in [2.45, 2.75) is 27.7 Å². The predicted octanol–water partition coefficient (Wildman–Crippen LogP) is 6.43. The minimum atomic E-state index is -0.389. The zero-order valence-electron chi connectivity index (χ0n) is 20.2. The van der Waals surface area contributed by atoms with Gasteiger partial charge in [-0.2, -0.15) is 0 Å². The Morgan fingerprint density at radius 1 is 0.765 bits per heavy atom. The summed E-state index contributed by atoms with van der Waals surface area (Å²) in [7, 11) is 0. The Morgan fingerprint density at radius 3 is 1.65 bits per heavy atom. The highest BCUT2D eigenvalue weighted by molar-refractivity contribution is 5.72. The summed E-state index contributed by atoms with van der Waals surface area (Å²) in [5.41, 5.74) is 4.98. The fraction of sp³-hybridized carbons (Fsp3) is 0.296. The number of hydrogen-bond donors (Lipinski definition) is 1. The number of ether oxygens (including phenoxy) is 1. The van der Waals surface area contributed by atoms with E-state index in [9.17, 15) is 10.1 Å². The lowest BCUT2D eigenvalue weighted by atomic mass is 9.93. The lowest BCUT2D eigenvalue weighted by Gasteiger charge is -2.31. The van der Waals surface area contributed by atoms with Gasteiger partial charge in [0.05, 0.1) is 4.92 Å². The van der Waals surface area contributed by atoms with Crippen molar-refractivity contribution in [1.82, 2.24) is 0 Å². The van der Waals surface area contributed by atoms with Crippen LogP contribution in [0.2, 0.25) is 0 Å². The number of nitro benzene ring substituents is 1. The van der Waals surface area contributed by atoms with Crippen LogP contribution in [-0.2, 0) is 0 Å². The molecule has 0 aromatic heterocycles. The van der Waals surface area contributed by atoms with E-state index in [-0.39, 0.29) is 10.6 Å². The number of nitrogens with zero attached hydrogens (tertiary/aromatic N) is 3. The van der Waals surface area contributed by atoms with Crippen LogP contribution >= 0.6 is 0 Å². The maximum atomic E-state index is 11.1. The predicted molar refractivity (Wildman–Crippen MR) is 138 cm³/mol. The fourth-order valence-corrected chi connectivity index (χ4v) is 4.38. The summed E-state index contributed by atoms with van der Waals surface area (Å²) >= 11 is 0. The van der Waals surface area contributed by atoms with Crippen LogP contribution in [0.1, 0.15) is 38.8 Å². The minimum Gasteiger partial charge on any atom is -0.456 e. The van der Waals surface area contributed by atoms with E-state index in [1.54, 1.807) is 12.1 Å². The van der Waals surface area contributed by atoms with Gasteiger partial charge >= 0.3 is 0 Å². The molecule has 177 valence electrons. The van der Waals surface area contributed by atoms with Crippen molar-refractivity contribution in [3.63, 3.8) is 0 Å². The molecule has 0 saturated carbocycles. The van der Waals surface area contributed by atoms with E-state index in [1.165, 1.54) is 12.1 Å². The zero-order valence-corrected chi connectivity index (χ0v) is 20.2. The summed E-state index contributed by atoms with van der Waals surface area (Å²) in [5, 5.41) is 14.6. The Labute approximate surface area is 201 Å². The first-order valence-corrected chi connectivity index (χ1v) is 11.8. The Hall–Kier alpha value is -3.74. The standard InChI is InChI=1S/C27H31N4O3/c1-5-29(6-2)21-13-15-23-25(17-21)34-26-18-22(30(7-3)8-4)14-16-24(26)27(23)28-19-9-11-20(12-10-19)31(32)33/h9-18,28H,5-8H2,1-4H3. The molecule has 1 aliphatic heterocycles. The van der Waals surface area contributed by atoms with Crippen molar-refractivity contribution in [3.05, 3.63) is 87.9 Å². The number of non-ortho nitro benzene ring substituents is 1. The van der Waals surface area contributed by atoms with E-state index < -0.39 is 0 Å². The molecule has 1 N–H and O–H groups in total. The third-order valence-electron chi connectivity index (χ3n) is 6.29. The van der Waals surface area contributed by atoms with Gasteiger partial charge in [-0.1, -0.05) is 12.1 Å². The highest BCUT2D eigenvalue weighted by Gasteiger charge is 2.30. The molecule has 7 heteroatoms. The van der Waals surface area contributed by atoms with Gasteiger partial charge in [0.1, 0.15) is 17.5 Å². The van der Waals surface area contributed by atoms with Crippen LogP contribution in [-0.4, -0.2) is 31.1 Å². The molecule has 0 amide bonds. The molecule has 0 spiro atoms. The van der Waals surface area contributed by atoms with Gasteiger partial charge in [0, 0.05) is 78.6 Å². The van der Waals surface area contributed by atoms with Gasteiger partial charge in [-0.25, -0.2) is 0 Å². The lowest BCUT2D eigenvalue weighted by Crippen LogP contribution is -2.24. The van der Waals surface area contributed by atoms with E-state index in [4.69, 9.17) is 4.74 Å². The Balaban J connectivity index is 1.77. The zero-order chi connectivity index (χ0) is 24.2. The molecule has 1 radical (unpaired) electrons. The first-order valence-electron chi connectivity index (χ1n) is 11.8. The molecule has 3 aromatic carbocycles. The van der Waals surface area contributed by atoms with Gasteiger partial charge < -0.3 is 19.9 Å². The lowest BCUT2D eigenvalue weighted by molar-refractivity contribution is -0.384. The third-order valence-corrected chi connectivity index (χ3v) is 6.29. The number of nitrogens with one attached hydrogen (secondary N) is 1. The van der Waals surface area contributed by atoms with Crippen molar-refractivity contribution >= 4 is 22.7 Å². The number of anilines is 3. The Morgan fingerprint density at radius 2 is 1.24 bits per heavy atom. The molecule has 7 nitrogen and oxygen atoms in total. The molecule has 0 aliphatic carbocycles. The van der Waals surface area contributed by atoms with E-state index in [2.05, 4.69) is 79.2 Å². The summed E-state index contributed by atoms with van der Waals surface area (Å²) < 4.78 is 6.45. The van der Waals surface area contributed by atoms with Gasteiger partial charge in [-0.05, 0) is 52.0 Å². The summed E-state index contributed by atoms with van der Waals surface area (Å²) in [4.78, 5) is 15.2. The van der Waals surface area contributed by atoms with Crippen LogP contribution in [0.4, 0.5) is 22.7 Å². The number of hydrogen-bond acceptors (Lipinski definition) is 6. The largest absolute Gasteiger partial charge is 0.456 e. The molecule has 3 aromatic rings. The van der Waals surface area contributed by atoms with Gasteiger partial charge in [-0.15, -0.1) is 0 Å². The summed E-state index contributed by atoms with van der Waals surface area (Å²) in [6.45, 7) is 12.2. The Kier molecular flexibility index (Phi) is 6.91. The van der Waals surface area contributed by atoms with Crippen molar-refractivity contribution in [2.75, 3.05) is 41.3 Å². The van der Waals surface area contributed by atoms with Crippen molar-refractivity contribution in [3.8, 4) is 11.5 Å². The van der Waals surface area contributed by atoms with Crippen LogP contribution in [0.25, 0.3) is 0 Å². The van der Waals surface area contributed by atoms with E-state index in [0.717, 1.165) is 71.9 Å². The average Bonchev–Trinajstić information content (AvgIpc) is 2.85. The smallest absolute Gasteiger partial charge is 0.269 e. The summed E-state index contributed by atoms with van der Waals surface area (Å²) in [6.07, 6.45) is 0. The molecule has 0 atom stereocenters. The second kappa shape index (κ2) is 10.0. The fourth-order valence-electron chi connectivity index (χ4n) is 4.38. The first-order chi connectivity index (χ1) is 16.5. The van der Waals surface area contributed by atoms with Gasteiger partial charge in [-0.3, -0.25) is 10.1 Å². The topological polar surface area (TPSA) is 70.9 Å². The van der Waals surface area contributed by atoms with Gasteiger partial charge in [0.25, 0.3) is 5.69 Å². The first kappa shape index (κ1) is 23.4. The normalized spacial score (nSPS) is 12.4. The maximum absolute atomic E-state index is 11.1. The van der Waals surface area contributed by atoms with E-state index >= 15 is 0 Å². The van der Waals surface area contributed by atoms with Gasteiger partial charge in [0.15, 0.2) is 0 Å². The second-order valence-electron chi connectivity index (χ2n) is 8.11. The highest BCUT2D eigenvalue weighted by Crippen LogP contribution is 2.46. The minimum absolute atomic E-state index is 0.0658. The number of nitro groups is 1. The quantitative estimate of drug-likeness (QED) is 0.294. The van der Waals surface area contributed by atoms with Crippen LogP contribution < -0.4 is 19.9 Å². The van der Waals surface area contributed by atoms with Crippen LogP contribution in [0.5, 0.6) is 11.5 Å². The summed E-state index contributed by atoms with van der Waals surface area (Å²) in [6, 6.07) is 20.0. The average molecular weight is 460 g/mol. The molecular formula is C27H31N4O3. The number of rotatable bonds is 9. The summed E-state index contributed by atoms with van der Waals surface area (Å²) in [5.74, 6) is 1.58. The van der Waals surface area contributed by atoms with Crippen molar-refractivity contribution in [1.29, 1.82) is 0 Å². The van der Waals surface area contributed by atoms with Crippen LogP contribution in [0.3, 0.4) is 0 Å². The number of benzene rings is 3. The van der Waals surface area contributed by atoms with Crippen molar-refractivity contribution in [2.24, 2.45) is 0 Å². The van der Waals surface area contributed by atoms with E-state index in [0.29, 0.717) is 0 Å². The van der Waals surface area contributed by atoms with E-state index in [1.807, 2.05) is 0 Å². The molecule has 0 bridgehead atoms. The Bertz CT molecular complexity index is 1090. The molecule has 0 fully saturated rings. The monoisotopic (exact) mass is 459 g/mol. The molecular weight excluding hydrogens is 428 g/mol. The number of fused-ring (bicyclic) bond motifs is 2. The molecule has 0 unspecified atom stereocenters. The van der Waals surface area contributed by atoms with Crippen LogP contribution in [0, 0.1) is 16.2 Å². The molecule has 4 rings (SSSR count).